The number of hydrogen-bond acceptors (Lipinski definition) is 5. The fourth-order valence-corrected chi connectivity index (χ4v) is 2.09. The minimum absolute atomic E-state index is 0.00720. The van der Waals surface area contributed by atoms with E-state index in [9.17, 15) is 10.2 Å². The van der Waals surface area contributed by atoms with Gasteiger partial charge >= 0.3 is 0 Å². The second-order valence-corrected chi connectivity index (χ2v) is 5.05. The molecular formula is C12H28NO5+. The lowest BCUT2D eigenvalue weighted by Crippen LogP contribution is -2.50. The van der Waals surface area contributed by atoms with Gasteiger partial charge in [-0.15, -0.1) is 0 Å². The molecule has 18 heavy (non-hydrogen) atoms. The predicted octanol–water partition coefficient (Wildman–Crippen LogP) is -1.83. The average Bonchev–Trinajstić information content (AvgIpc) is 2.33. The number of nitrogens with two attached hydrogens (primary N) is 1. The molecule has 6 nitrogen and oxygen atoms in total. The smallest absolute Gasteiger partial charge is 0.160 e. The van der Waals surface area contributed by atoms with Gasteiger partial charge in [0.1, 0.15) is 0 Å². The lowest BCUT2D eigenvalue weighted by molar-refractivity contribution is -0.0903. The van der Waals surface area contributed by atoms with Crippen LogP contribution < -0.4 is 5.73 Å². The van der Waals surface area contributed by atoms with Crippen LogP contribution >= 0.6 is 0 Å². The molecular weight excluding hydrogens is 238 g/mol. The van der Waals surface area contributed by atoms with Crippen LogP contribution in [0.15, 0.2) is 0 Å². The first-order valence-corrected chi connectivity index (χ1v) is 6.41. The largest absolute Gasteiger partial charge is 0.443 e. The van der Waals surface area contributed by atoms with Crippen LogP contribution in [0.4, 0.5) is 0 Å². The van der Waals surface area contributed by atoms with Crippen LogP contribution in [0.2, 0.25) is 0 Å². The monoisotopic (exact) mass is 266 g/mol. The molecule has 6 atom stereocenters. The van der Waals surface area contributed by atoms with Gasteiger partial charge in [-0.1, -0.05) is 6.92 Å². The summed E-state index contributed by atoms with van der Waals surface area (Å²) in [6, 6.07) is -0.443. The molecule has 0 heterocycles. The Labute approximate surface area is 108 Å². The van der Waals surface area contributed by atoms with Crippen molar-refractivity contribution in [1.29, 1.82) is 0 Å². The summed E-state index contributed by atoms with van der Waals surface area (Å²) >= 11 is 0. The first-order chi connectivity index (χ1) is 8.36. The van der Waals surface area contributed by atoms with Crippen LogP contribution in [0, 0.1) is 11.8 Å². The molecule has 110 valence electrons. The molecule has 6 heteroatoms. The van der Waals surface area contributed by atoms with Crippen LogP contribution in [0.25, 0.3) is 0 Å². The zero-order valence-electron chi connectivity index (χ0n) is 11.2. The van der Waals surface area contributed by atoms with Gasteiger partial charge in [-0.25, -0.2) is 0 Å². The fourth-order valence-electron chi connectivity index (χ4n) is 2.09. The second kappa shape index (κ2) is 8.79. The zero-order chi connectivity index (χ0) is 14.3. The van der Waals surface area contributed by atoms with Gasteiger partial charge in [0.15, 0.2) is 6.10 Å². The molecule has 3 unspecified atom stereocenters. The highest BCUT2D eigenvalue weighted by Crippen LogP contribution is 2.22. The maximum atomic E-state index is 10.1. The molecule has 0 fully saturated rings. The van der Waals surface area contributed by atoms with E-state index in [1.54, 1.807) is 13.8 Å². The number of aliphatic hydroxyl groups is 4. The summed E-state index contributed by atoms with van der Waals surface area (Å²) < 4.78 is 0. The molecule has 0 aromatic rings. The third-order valence-corrected chi connectivity index (χ3v) is 3.36. The number of hydrogen-bond donors (Lipinski definition) is 5. The van der Waals surface area contributed by atoms with Crippen molar-refractivity contribution < 1.29 is 25.5 Å². The van der Waals surface area contributed by atoms with Crippen molar-refractivity contribution in [1.82, 2.24) is 0 Å². The molecule has 8 N–H and O–H groups in total. The molecule has 0 amide bonds. The summed E-state index contributed by atoms with van der Waals surface area (Å²) in [7, 11) is 0. The second-order valence-electron chi connectivity index (χ2n) is 5.05. The van der Waals surface area contributed by atoms with Gasteiger partial charge in [0.25, 0.3) is 0 Å². The Bertz CT molecular complexity index is 215. The first-order valence-electron chi connectivity index (χ1n) is 6.41. The van der Waals surface area contributed by atoms with E-state index in [1.165, 1.54) is 0 Å². The van der Waals surface area contributed by atoms with Crippen LogP contribution in [-0.2, 0) is 0 Å². The van der Waals surface area contributed by atoms with E-state index in [2.05, 4.69) is 0 Å². The maximum Gasteiger partial charge on any atom is 0.160 e. The zero-order valence-corrected chi connectivity index (χ0v) is 11.2. The molecule has 0 saturated heterocycles. The van der Waals surface area contributed by atoms with Gasteiger partial charge in [0.2, 0.25) is 0 Å². The lowest BCUT2D eigenvalue weighted by Gasteiger charge is -2.32. The minimum atomic E-state index is -1.15. The predicted molar refractivity (Wildman–Crippen MR) is 69.1 cm³/mol. The van der Waals surface area contributed by atoms with E-state index in [0.29, 0.717) is 12.8 Å². The maximum absolute atomic E-state index is 10.1. The molecule has 0 aromatic carbocycles. The SMILES string of the molecule is CC(CO)[C@@H](O)C(O)C([C@H](C)N)[C@@H]([OH2+])CCCO. The molecule has 0 radical (unpaired) electrons. The average molecular weight is 266 g/mol. The third kappa shape index (κ3) is 5.17. The van der Waals surface area contributed by atoms with Gasteiger partial charge in [-0.05, 0) is 13.3 Å². The van der Waals surface area contributed by atoms with E-state index in [1.807, 2.05) is 0 Å². The van der Waals surface area contributed by atoms with Crippen molar-refractivity contribution in [3.63, 3.8) is 0 Å². The Morgan fingerprint density at radius 2 is 1.67 bits per heavy atom. The molecule has 0 bridgehead atoms. The van der Waals surface area contributed by atoms with E-state index >= 15 is 0 Å². The highest BCUT2D eigenvalue weighted by atomic mass is 16.3. The molecule has 0 spiro atoms. The number of rotatable bonds is 9. The highest BCUT2D eigenvalue weighted by molar-refractivity contribution is 4.88. The normalized spacial score (nSPS) is 22.0. The summed E-state index contributed by atoms with van der Waals surface area (Å²) in [5, 5.41) is 45.7. The van der Waals surface area contributed by atoms with E-state index in [0.717, 1.165) is 0 Å². The van der Waals surface area contributed by atoms with E-state index in [4.69, 9.17) is 21.1 Å². The van der Waals surface area contributed by atoms with Gasteiger partial charge in [0.05, 0.1) is 18.1 Å². The minimum Gasteiger partial charge on any atom is -0.443 e. The van der Waals surface area contributed by atoms with E-state index < -0.39 is 36.2 Å². The van der Waals surface area contributed by atoms with Crippen molar-refractivity contribution in [2.45, 2.75) is 51.0 Å². The van der Waals surface area contributed by atoms with Crippen molar-refractivity contribution >= 4 is 0 Å². The van der Waals surface area contributed by atoms with Crippen LogP contribution in [0.5, 0.6) is 0 Å². The summed E-state index contributed by atoms with van der Waals surface area (Å²) in [6.45, 7) is 3.07. The molecule has 0 saturated carbocycles. The molecule has 0 aliphatic rings. The standard InChI is InChI=1S/C12H27NO5/c1-7(6-15)11(17)12(18)10(8(2)13)9(16)4-3-5-14/h7-12,14-18H,3-6,13H2,1-2H3/p+1/t7?,8-,9-,10?,11+,12?/m0/s1. The summed E-state index contributed by atoms with van der Waals surface area (Å²) in [4.78, 5) is 0. The van der Waals surface area contributed by atoms with Crippen LogP contribution in [0.1, 0.15) is 26.7 Å². The summed E-state index contributed by atoms with van der Waals surface area (Å²) in [5.74, 6) is -1.05. The van der Waals surface area contributed by atoms with E-state index in [-0.39, 0.29) is 13.2 Å². The van der Waals surface area contributed by atoms with Crippen molar-refractivity contribution in [2.24, 2.45) is 17.6 Å². The number of aliphatic hydroxyl groups excluding tert-OH is 4. The Hall–Kier alpha value is -0.240. The van der Waals surface area contributed by atoms with Gasteiger partial charge in [0, 0.05) is 31.6 Å². The first kappa shape index (κ1) is 17.8. The summed E-state index contributed by atoms with van der Waals surface area (Å²) in [6.07, 6.45) is -2.01. The summed E-state index contributed by atoms with van der Waals surface area (Å²) in [5.41, 5.74) is 5.77. The lowest BCUT2D eigenvalue weighted by atomic mass is 9.82. The Balaban J connectivity index is 4.67. The van der Waals surface area contributed by atoms with Crippen LogP contribution in [0.3, 0.4) is 0 Å². The molecule has 0 aliphatic carbocycles. The molecule has 0 aromatic heterocycles. The quantitative estimate of drug-likeness (QED) is 0.313. The van der Waals surface area contributed by atoms with Crippen LogP contribution in [-0.4, -0.2) is 63.1 Å². The Kier molecular flexibility index (Phi) is 8.67. The Morgan fingerprint density at radius 3 is 2.06 bits per heavy atom. The Morgan fingerprint density at radius 1 is 1.11 bits per heavy atom. The molecule has 0 rings (SSSR count). The molecule has 0 aliphatic heterocycles. The fraction of sp³-hybridized carbons (Fsp3) is 1.00. The van der Waals surface area contributed by atoms with Gasteiger partial charge in [-0.3, -0.25) is 0 Å². The van der Waals surface area contributed by atoms with Gasteiger partial charge in [-0.2, -0.15) is 0 Å². The van der Waals surface area contributed by atoms with Crippen molar-refractivity contribution in [3.8, 4) is 0 Å². The highest BCUT2D eigenvalue weighted by Gasteiger charge is 2.38. The third-order valence-electron chi connectivity index (χ3n) is 3.36. The van der Waals surface area contributed by atoms with Crippen molar-refractivity contribution in [3.05, 3.63) is 0 Å². The van der Waals surface area contributed by atoms with Gasteiger partial charge < -0.3 is 31.3 Å². The topological polar surface area (TPSA) is 130 Å². The van der Waals surface area contributed by atoms with Crippen molar-refractivity contribution in [2.75, 3.05) is 13.2 Å².